The zero-order valence-corrected chi connectivity index (χ0v) is 22.6. The van der Waals surface area contributed by atoms with Crippen LogP contribution in [0.1, 0.15) is 36.6 Å². The van der Waals surface area contributed by atoms with Crippen LogP contribution in [-0.2, 0) is 0 Å². The average molecular weight is 541 g/mol. The molecular formula is C39H24O3. The summed E-state index contributed by atoms with van der Waals surface area (Å²) >= 11 is 0. The molecule has 0 aromatic heterocycles. The third kappa shape index (κ3) is 4.20. The van der Waals surface area contributed by atoms with Crippen LogP contribution in [0.2, 0.25) is 0 Å². The summed E-state index contributed by atoms with van der Waals surface area (Å²) in [6.45, 7) is 0. The molecule has 0 heterocycles. The van der Waals surface area contributed by atoms with Gasteiger partial charge >= 0.3 is 0 Å². The van der Waals surface area contributed by atoms with Gasteiger partial charge < -0.3 is 0 Å². The Morgan fingerprint density at radius 3 is 1.57 bits per heavy atom. The highest BCUT2D eigenvalue weighted by molar-refractivity contribution is 6.50. The highest BCUT2D eigenvalue weighted by Crippen LogP contribution is 2.53. The number of carbonyl (C=O) groups excluding carboxylic acids is 3. The number of carbonyl (C=O) groups is 3. The second-order valence-electron chi connectivity index (χ2n) is 10.3. The molecule has 0 N–H and O–H groups in total. The van der Waals surface area contributed by atoms with Crippen LogP contribution >= 0.6 is 0 Å². The highest BCUT2D eigenvalue weighted by Gasteiger charge is 2.33. The lowest BCUT2D eigenvalue weighted by atomic mass is 9.73. The zero-order chi connectivity index (χ0) is 28.6. The van der Waals surface area contributed by atoms with E-state index in [1.54, 1.807) is 48.5 Å². The Bertz CT molecular complexity index is 2010. The fourth-order valence-electron chi connectivity index (χ4n) is 5.79. The molecular weight excluding hydrogens is 516 g/mol. The molecule has 0 amide bonds. The van der Waals surface area contributed by atoms with Gasteiger partial charge in [-0.2, -0.15) is 0 Å². The molecule has 198 valence electrons. The molecule has 0 fully saturated rings. The van der Waals surface area contributed by atoms with Gasteiger partial charge in [0.25, 0.3) is 0 Å². The fourth-order valence-corrected chi connectivity index (χ4v) is 5.79. The van der Waals surface area contributed by atoms with Gasteiger partial charge in [-0.3, -0.25) is 14.4 Å². The van der Waals surface area contributed by atoms with Gasteiger partial charge in [-0.05, 0) is 57.1 Å². The van der Waals surface area contributed by atoms with Gasteiger partial charge in [-0.15, -0.1) is 0 Å². The Morgan fingerprint density at radius 1 is 0.357 bits per heavy atom. The number of hydrogen-bond acceptors (Lipinski definition) is 3. The van der Waals surface area contributed by atoms with E-state index in [2.05, 4.69) is 18.2 Å². The van der Waals surface area contributed by atoms with Crippen LogP contribution < -0.4 is 0 Å². The monoisotopic (exact) mass is 540 g/mol. The molecule has 0 spiro atoms. The Hall–Kier alpha value is -5.67. The van der Waals surface area contributed by atoms with Crippen molar-refractivity contribution in [1.29, 1.82) is 0 Å². The first kappa shape index (κ1) is 25.3. The quantitative estimate of drug-likeness (QED) is 0.150. The first-order valence-corrected chi connectivity index (χ1v) is 13.8. The van der Waals surface area contributed by atoms with Crippen molar-refractivity contribution in [3.8, 4) is 44.5 Å². The normalized spacial score (nSPS) is 11.1. The maximum Gasteiger partial charge on any atom is 0.234 e. The van der Waals surface area contributed by atoms with E-state index in [9.17, 15) is 14.4 Å². The molecule has 0 unspecified atom stereocenters. The van der Waals surface area contributed by atoms with E-state index in [-0.39, 0.29) is 16.9 Å². The van der Waals surface area contributed by atoms with Crippen molar-refractivity contribution in [2.75, 3.05) is 0 Å². The molecule has 6 aromatic rings. The van der Waals surface area contributed by atoms with Gasteiger partial charge in [0.1, 0.15) is 0 Å². The fraction of sp³-hybridized carbons (Fsp3) is 0. The summed E-state index contributed by atoms with van der Waals surface area (Å²) in [6, 6.07) is 45.3. The van der Waals surface area contributed by atoms with Crippen LogP contribution in [0.5, 0.6) is 0 Å². The Labute approximate surface area is 243 Å². The van der Waals surface area contributed by atoms with Crippen molar-refractivity contribution < 1.29 is 14.4 Å². The van der Waals surface area contributed by atoms with Gasteiger partial charge in [-0.1, -0.05) is 127 Å². The molecule has 3 heteroatoms. The van der Waals surface area contributed by atoms with E-state index in [1.165, 1.54) is 0 Å². The van der Waals surface area contributed by atoms with Gasteiger partial charge in [0, 0.05) is 27.8 Å². The van der Waals surface area contributed by atoms with Crippen molar-refractivity contribution in [2.24, 2.45) is 0 Å². The maximum absolute atomic E-state index is 14.5. The van der Waals surface area contributed by atoms with Crippen LogP contribution in [-0.4, -0.2) is 17.3 Å². The summed E-state index contributed by atoms with van der Waals surface area (Å²) < 4.78 is 0. The number of ketones is 3. The van der Waals surface area contributed by atoms with Crippen molar-refractivity contribution in [3.05, 3.63) is 168 Å². The molecule has 3 nitrogen and oxygen atoms in total. The number of rotatable bonds is 7. The zero-order valence-electron chi connectivity index (χ0n) is 22.6. The van der Waals surface area contributed by atoms with E-state index in [0.717, 1.165) is 44.5 Å². The molecule has 0 aliphatic heterocycles. The van der Waals surface area contributed by atoms with Crippen molar-refractivity contribution in [2.45, 2.75) is 0 Å². The molecule has 42 heavy (non-hydrogen) atoms. The van der Waals surface area contributed by atoms with Crippen molar-refractivity contribution in [1.82, 2.24) is 0 Å². The number of hydrogen-bond donors (Lipinski definition) is 0. The highest BCUT2D eigenvalue weighted by atomic mass is 16.2. The minimum Gasteiger partial charge on any atom is -0.289 e. The lowest BCUT2D eigenvalue weighted by molar-refractivity contribution is 0.0815. The topological polar surface area (TPSA) is 51.2 Å². The van der Waals surface area contributed by atoms with E-state index in [1.807, 2.05) is 78.9 Å². The Morgan fingerprint density at radius 2 is 0.905 bits per heavy atom. The Kier molecular flexibility index (Phi) is 6.26. The summed E-state index contributed by atoms with van der Waals surface area (Å²) in [6.07, 6.45) is 0. The van der Waals surface area contributed by atoms with E-state index < -0.39 is 11.6 Å². The Balaban J connectivity index is 1.40. The minimum absolute atomic E-state index is 0.0991. The van der Waals surface area contributed by atoms with Crippen molar-refractivity contribution in [3.63, 3.8) is 0 Å². The summed E-state index contributed by atoms with van der Waals surface area (Å²) in [4.78, 5) is 41.4. The van der Waals surface area contributed by atoms with Crippen molar-refractivity contribution >= 4 is 17.3 Å². The van der Waals surface area contributed by atoms with E-state index in [4.69, 9.17) is 0 Å². The van der Waals surface area contributed by atoms with Crippen LogP contribution in [0, 0.1) is 0 Å². The second kappa shape index (κ2) is 10.4. The summed E-state index contributed by atoms with van der Waals surface area (Å²) in [5.74, 6) is -1.64. The summed E-state index contributed by atoms with van der Waals surface area (Å²) in [7, 11) is 0. The number of fused-ring (bicyclic) bond motifs is 4. The lowest BCUT2D eigenvalue weighted by Crippen LogP contribution is -2.19. The lowest BCUT2D eigenvalue weighted by Gasteiger charge is -2.29. The second-order valence-corrected chi connectivity index (χ2v) is 10.3. The van der Waals surface area contributed by atoms with Crippen LogP contribution in [0.25, 0.3) is 44.5 Å². The molecule has 1 aliphatic rings. The minimum atomic E-state index is -0.704. The van der Waals surface area contributed by atoms with Gasteiger partial charge in [-0.25, -0.2) is 0 Å². The third-order valence-electron chi connectivity index (χ3n) is 7.86. The molecule has 1 aliphatic carbocycles. The van der Waals surface area contributed by atoms with Gasteiger partial charge in [0.15, 0.2) is 5.78 Å². The van der Waals surface area contributed by atoms with E-state index >= 15 is 0 Å². The summed E-state index contributed by atoms with van der Waals surface area (Å²) in [5.41, 5.74) is 8.92. The molecule has 0 radical (unpaired) electrons. The smallest absolute Gasteiger partial charge is 0.234 e. The first-order chi connectivity index (χ1) is 20.6. The predicted octanol–water partition coefficient (Wildman–Crippen LogP) is 8.96. The van der Waals surface area contributed by atoms with Crippen LogP contribution in [0.15, 0.2) is 146 Å². The first-order valence-electron chi connectivity index (χ1n) is 13.8. The van der Waals surface area contributed by atoms with Crippen LogP contribution in [0.4, 0.5) is 0 Å². The molecule has 0 saturated carbocycles. The largest absolute Gasteiger partial charge is 0.289 e. The standard InChI is InChI=1S/C39H24O3/c40-37(27-16-8-3-9-17-27)39(42)32-21-20-28(25-12-4-1-5-13-25)24-34(32)38(41)33-23-22-29(26-14-6-2-7-15-26)35-30-18-10-11-19-31(30)36(33)35/h1-24H. The van der Waals surface area contributed by atoms with E-state index in [0.29, 0.717) is 11.1 Å². The number of benzene rings is 6. The molecule has 0 atom stereocenters. The number of Topliss-reactive ketones (excluding diaryl/α,β-unsaturated/α-hetero) is 2. The van der Waals surface area contributed by atoms with Crippen LogP contribution in [0.3, 0.4) is 0 Å². The molecule has 7 rings (SSSR count). The molecule has 6 aromatic carbocycles. The maximum atomic E-state index is 14.5. The third-order valence-corrected chi connectivity index (χ3v) is 7.86. The van der Waals surface area contributed by atoms with Gasteiger partial charge in [0.05, 0.1) is 0 Å². The predicted molar refractivity (Wildman–Crippen MR) is 167 cm³/mol. The average Bonchev–Trinajstić information content (AvgIpc) is 3.06. The summed E-state index contributed by atoms with van der Waals surface area (Å²) in [5, 5.41) is 0. The molecule has 0 bridgehead atoms. The van der Waals surface area contributed by atoms with Gasteiger partial charge in [0.2, 0.25) is 11.6 Å². The molecule has 0 saturated heterocycles. The SMILES string of the molecule is O=C(C(=O)c1ccc(-c2ccccc2)cc1C(=O)c1ccc(-c2ccccc2)c2c1-c1ccccc1-2)c1ccccc1.